The Hall–Kier alpha value is -2.70. The van der Waals surface area contributed by atoms with Gasteiger partial charge in [0.25, 0.3) is 10.0 Å². The molecule has 4 aromatic rings. The maximum Gasteiger partial charge on any atom is 0.262 e. The largest absolute Gasteiger partial charge is 0.497 e. The fourth-order valence-corrected chi connectivity index (χ4v) is 4.88. The lowest BCUT2D eigenvalue weighted by atomic mass is 10.1. The number of nitrogens with zero attached hydrogens (tertiary/aromatic N) is 1. The van der Waals surface area contributed by atoms with Crippen molar-refractivity contribution in [3.8, 4) is 5.75 Å². The van der Waals surface area contributed by atoms with Crippen molar-refractivity contribution in [3.63, 3.8) is 0 Å². The van der Waals surface area contributed by atoms with Crippen LogP contribution in [-0.4, -0.2) is 20.1 Å². The van der Waals surface area contributed by atoms with Crippen LogP contribution in [0.1, 0.15) is 6.92 Å². The van der Waals surface area contributed by atoms with E-state index in [2.05, 4.69) is 22.3 Å². The van der Waals surface area contributed by atoms with Gasteiger partial charge in [-0.1, -0.05) is 29.8 Å². The highest BCUT2D eigenvalue weighted by Crippen LogP contribution is 2.32. The van der Waals surface area contributed by atoms with E-state index in [1.807, 2.05) is 30.3 Å². The van der Waals surface area contributed by atoms with Crippen LogP contribution < -0.4 is 9.46 Å². The van der Waals surface area contributed by atoms with Gasteiger partial charge in [-0.05, 0) is 43.3 Å². The van der Waals surface area contributed by atoms with Crippen molar-refractivity contribution in [3.05, 3.63) is 65.7 Å². The Bertz CT molecular complexity index is 1300. The van der Waals surface area contributed by atoms with Crippen molar-refractivity contribution in [1.82, 2.24) is 4.57 Å². The summed E-state index contributed by atoms with van der Waals surface area (Å²) in [6, 6.07) is 18.1. The molecule has 0 aliphatic carbocycles. The maximum atomic E-state index is 12.9. The second kappa shape index (κ2) is 7.04. The van der Waals surface area contributed by atoms with Gasteiger partial charge in [-0.2, -0.15) is 0 Å². The molecular weight excluding hydrogens is 396 g/mol. The first-order valence-corrected chi connectivity index (χ1v) is 10.7. The summed E-state index contributed by atoms with van der Waals surface area (Å²) in [5.74, 6) is 0.384. The number of benzene rings is 3. The first-order valence-electron chi connectivity index (χ1n) is 8.81. The number of aromatic nitrogens is 1. The Balaban J connectivity index is 1.80. The number of hydrogen-bond acceptors (Lipinski definition) is 3. The second-order valence-corrected chi connectivity index (χ2v) is 8.54. The summed E-state index contributed by atoms with van der Waals surface area (Å²) in [6.45, 7) is 2.92. The molecule has 0 saturated carbocycles. The first-order chi connectivity index (χ1) is 13.4. The van der Waals surface area contributed by atoms with Gasteiger partial charge in [-0.15, -0.1) is 0 Å². The molecule has 4 rings (SSSR count). The Morgan fingerprint density at radius 1 is 1.00 bits per heavy atom. The van der Waals surface area contributed by atoms with E-state index in [0.29, 0.717) is 16.5 Å². The van der Waals surface area contributed by atoms with Crippen molar-refractivity contribution in [2.75, 3.05) is 11.8 Å². The Morgan fingerprint density at radius 3 is 2.50 bits per heavy atom. The summed E-state index contributed by atoms with van der Waals surface area (Å²) >= 11 is 6.03. The van der Waals surface area contributed by atoms with E-state index in [-0.39, 0.29) is 4.90 Å². The number of sulfonamides is 1. The third-order valence-corrected chi connectivity index (χ3v) is 6.31. The van der Waals surface area contributed by atoms with Crippen molar-refractivity contribution < 1.29 is 13.2 Å². The molecule has 0 aliphatic heterocycles. The fraction of sp³-hybridized carbons (Fsp3) is 0.143. The molecular formula is C21H19ClN2O3S. The smallest absolute Gasteiger partial charge is 0.262 e. The highest BCUT2D eigenvalue weighted by atomic mass is 35.5. The molecule has 0 amide bonds. The molecule has 0 aliphatic rings. The lowest BCUT2D eigenvalue weighted by molar-refractivity contribution is 0.413. The maximum absolute atomic E-state index is 12.9. The van der Waals surface area contributed by atoms with Gasteiger partial charge in [0, 0.05) is 45.1 Å². The number of anilines is 1. The van der Waals surface area contributed by atoms with E-state index in [4.69, 9.17) is 16.3 Å². The Labute approximate surface area is 168 Å². The van der Waals surface area contributed by atoms with Crippen molar-refractivity contribution >= 4 is 49.1 Å². The summed E-state index contributed by atoms with van der Waals surface area (Å²) in [4.78, 5) is 0.0490. The molecule has 0 bridgehead atoms. The highest BCUT2D eigenvalue weighted by Gasteiger charge is 2.18. The minimum atomic E-state index is -3.81. The van der Waals surface area contributed by atoms with Crippen LogP contribution in [0.15, 0.2) is 65.6 Å². The van der Waals surface area contributed by atoms with Gasteiger partial charge in [0.15, 0.2) is 0 Å². The molecule has 0 saturated heterocycles. The molecule has 3 aromatic carbocycles. The number of fused-ring (bicyclic) bond motifs is 3. The summed E-state index contributed by atoms with van der Waals surface area (Å²) in [6.07, 6.45) is 0. The average molecular weight is 415 g/mol. The summed E-state index contributed by atoms with van der Waals surface area (Å²) in [5, 5.41) is 2.38. The molecule has 1 aromatic heterocycles. The quantitative estimate of drug-likeness (QED) is 0.483. The van der Waals surface area contributed by atoms with E-state index >= 15 is 0 Å². The molecule has 0 unspecified atom stereocenters. The topological polar surface area (TPSA) is 60.3 Å². The average Bonchev–Trinajstić information content (AvgIpc) is 3.00. The van der Waals surface area contributed by atoms with Crippen LogP contribution in [0.3, 0.4) is 0 Å². The number of rotatable bonds is 5. The lowest BCUT2D eigenvalue weighted by Gasteiger charge is -2.10. The third-order valence-electron chi connectivity index (χ3n) is 4.73. The lowest BCUT2D eigenvalue weighted by Crippen LogP contribution is -2.13. The summed E-state index contributed by atoms with van der Waals surface area (Å²) in [7, 11) is -2.35. The summed E-state index contributed by atoms with van der Waals surface area (Å²) in [5.41, 5.74) is 2.68. The molecule has 0 radical (unpaired) electrons. The van der Waals surface area contributed by atoms with Gasteiger partial charge >= 0.3 is 0 Å². The first kappa shape index (κ1) is 18.7. The Morgan fingerprint density at radius 2 is 1.75 bits per heavy atom. The van der Waals surface area contributed by atoms with Crippen molar-refractivity contribution in [2.24, 2.45) is 0 Å². The number of nitrogens with one attached hydrogen (secondary N) is 1. The third kappa shape index (κ3) is 3.19. The van der Waals surface area contributed by atoms with Gasteiger partial charge < -0.3 is 9.30 Å². The number of ether oxygens (including phenoxy) is 1. The minimum Gasteiger partial charge on any atom is -0.497 e. The molecule has 1 N–H and O–H groups in total. The zero-order chi connectivity index (χ0) is 19.9. The van der Waals surface area contributed by atoms with Gasteiger partial charge in [-0.25, -0.2) is 8.42 Å². The van der Waals surface area contributed by atoms with Crippen LogP contribution in [0.5, 0.6) is 5.75 Å². The van der Waals surface area contributed by atoms with Gasteiger partial charge in [0.05, 0.1) is 12.0 Å². The van der Waals surface area contributed by atoms with Crippen LogP contribution in [0.2, 0.25) is 5.02 Å². The Kier molecular flexibility index (Phi) is 4.69. The predicted molar refractivity (Wildman–Crippen MR) is 114 cm³/mol. The number of aryl methyl sites for hydroxylation is 1. The van der Waals surface area contributed by atoms with E-state index in [1.54, 1.807) is 12.1 Å². The normalized spacial score (nSPS) is 11.8. The molecule has 0 spiro atoms. The molecule has 5 nitrogen and oxygen atoms in total. The molecule has 7 heteroatoms. The van der Waals surface area contributed by atoms with Crippen LogP contribution in [0.25, 0.3) is 21.8 Å². The minimum absolute atomic E-state index is 0.0490. The van der Waals surface area contributed by atoms with E-state index < -0.39 is 10.0 Å². The number of para-hydroxylation sites is 1. The zero-order valence-corrected chi connectivity index (χ0v) is 17.0. The molecule has 0 fully saturated rings. The molecule has 144 valence electrons. The zero-order valence-electron chi connectivity index (χ0n) is 15.4. The van der Waals surface area contributed by atoms with Gasteiger partial charge in [-0.3, -0.25) is 4.72 Å². The number of halogens is 1. The molecule has 0 atom stereocenters. The second-order valence-electron chi connectivity index (χ2n) is 6.43. The highest BCUT2D eigenvalue weighted by molar-refractivity contribution is 7.92. The predicted octanol–water partition coefficient (Wildman–Crippen LogP) is 5.28. The van der Waals surface area contributed by atoms with Gasteiger partial charge in [0.2, 0.25) is 0 Å². The van der Waals surface area contributed by atoms with E-state index in [9.17, 15) is 8.42 Å². The molecule has 1 heterocycles. The van der Waals surface area contributed by atoms with E-state index in [1.165, 1.54) is 19.2 Å². The molecule has 28 heavy (non-hydrogen) atoms. The van der Waals surface area contributed by atoms with Crippen LogP contribution >= 0.6 is 11.6 Å². The number of hydrogen-bond donors (Lipinski definition) is 1. The standard InChI is InChI=1S/C21H19ClN2O3S/c1-3-24-20-7-5-4-6-18(20)19-12-15(8-9-21(19)24)23-28(25,26)17-11-14(22)10-16(13-17)27-2/h4-13,23H,3H2,1-2H3. The van der Waals surface area contributed by atoms with Crippen molar-refractivity contribution in [1.29, 1.82) is 0 Å². The fourth-order valence-electron chi connectivity index (χ4n) is 3.48. The summed E-state index contributed by atoms with van der Waals surface area (Å²) < 4.78 is 35.7. The SMILES string of the molecule is CCn1c2ccccc2c2cc(NS(=O)(=O)c3cc(Cl)cc(OC)c3)ccc21. The van der Waals surface area contributed by atoms with Crippen LogP contribution in [0.4, 0.5) is 5.69 Å². The van der Waals surface area contributed by atoms with Crippen molar-refractivity contribution in [2.45, 2.75) is 18.4 Å². The van der Waals surface area contributed by atoms with Crippen LogP contribution in [-0.2, 0) is 16.6 Å². The van der Waals surface area contributed by atoms with Gasteiger partial charge in [0.1, 0.15) is 5.75 Å². The number of methoxy groups -OCH3 is 1. The van der Waals surface area contributed by atoms with E-state index in [0.717, 1.165) is 28.4 Å². The monoisotopic (exact) mass is 414 g/mol. The van der Waals surface area contributed by atoms with Crippen LogP contribution in [0, 0.1) is 0 Å².